The van der Waals surface area contributed by atoms with E-state index in [4.69, 9.17) is 10.2 Å². The van der Waals surface area contributed by atoms with E-state index in [-0.39, 0.29) is 18.4 Å². The predicted octanol–water partition coefficient (Wildman–Crippen LogP) is 2.36. The molecule has 4 N–H and O–H groups in total. The molecule has 0 spiro atoms. The van der Waals surface area contributed by atoms with Crippen molar-refractivity contribution in [2.24, 2.45) is 0 Å². The summed E-state index contributed by atoms with van der Waals surface area (Å²) in [6.45, 7) is 1.70. The van der Waals surface area contributed by atoms with Crippen LogP contribution in [0.1, 0.15) is 96.8 Å². The lowest BCUT2D eigenvalue weighted by Crippen LogP contribution is -2.53. The van der Waals surface area contributed by atoms with Crippen molar-refractivity contribution in [1.82, 2.24) is 15.5 Å². The van der Waals surface area contributed by atoms with Crippen molar-refractivity contribution in [3.05, 3.63) is 0 Å². The Morgan fingerprint density at radius 2 is 1.52 bits per heavy atom. The molecule has 0 aromatic rings. The predicted molar refractivity (Wildman–Crippen MR) is 125 cm³/mol. The van der Waals surface area contributed by atoms with Gasteiger partial charge in [0.15, 0.2) is 0 Å². The molecule has 0 aromatic heterocycles. The van der Waals surface area contributed by atoms with E-state index in [2.05, 4.69) is 17.6 Å². The fourth-order valence-electron chi connectivity index (χ4n) is 4.11. The first-order valence-corrected chi connectivity index (χ1v) is 12.6. The standard InChI is InChI=1S/C24H43N3O6/c1-2-3-4-5-6-7-8-9-10-11-12-15-21(29)25-17-22(30)27-16-13-14-20(27)23(31)26-19(18-28)24(32)33/h19-20,28H,2-18H2,1H3,(H,25,29)(H,26,31)(H,32,33)/t19-,20-/m0/s1. The summed E-state index contributed by atoms with van der Waals surface area (Å²) in [7, 11) is 0. The summed E-state index contributed by atoms with van der Waals surface area (Å²) in [5, 5.41) is 22.9. The molecule has 0 unspecified atom stereocenters. The van der Waals surface area contributed by atoms with Crippen LogP contribution in [-0.4, -0.2) is 70.6 Å². The summed E-state index contributed by atoms with van der Waals surface area (Å²) in [6.07, 6.45) is 14.7. The van der Waals surface area contributed by atoms with E-state index in [1.807, 2.05) is 0 Å². The van der Waals surface area contributed by atoms with Gasteiger partial charge in [0.25, 0.3) is 0 Å². The first kappa shape index (κ1) is 28.9. The summed E-state index contributed by atoms with van der Waals surface area (Å²) in [5.41, 5.74) is 0. The van der Waals surface area contributed by atoms with Gasteiger partial charge in [-0.3, -0.25) is 14.4 Å². The van der Waals surface area contributed by atoms with Gasteiger partial charge in [0.1, 0.15) is 12.1 Å². The van der Waals surface area contributed by atoms with E-state index in [9.17, 15) is 19.2 Å². The highest BCUT2D eigenvalue weighted by Gasteiger charge is 2.35. The van der Waals surface area contributed by atoms with Crippen molar-refractivity contribution in [3.63, 3.8) is 0 Å². The van der Waals surface area contributed by atoms with Crippen LogP contribution in [0.25, 0.3) is 0 Å². The quantitative estimate of drug-likeness (QED) is 0.228. The Kier molecular flexibility index (Phi) is 15.2. The van der Waals surface area contributed by atoms with Crippen LogP contribution in [0.15, 0.2) is 0 Å². The molecule has 190 valence electrons. The van der Waals surface area contributed by atoms with E-state index in [0.717, 1.165) is 19.3 Å². The van der Waals surface area contributed by atoms with Gasteiger partial charge in [-0.05, 0) is 19.3 Å². The Balaban J connectivity index is 2.17. The molecule has 0 bridgehead atoms. The van der Waals surface area contributed by atoms with E-state index in [1.165, 1.54) is 56.3 Å². The zero-order valence-corrected chi connectivity index (χ0v) is 20.2. The third-order valence-electron chi connectivity index (χ3n) is 6.12. The minimum absolute atomic E-state index is 0.175. The summed E-state index contributed by atoms with van der Waals surface area (Å²) in [5.74, 6) is -2.48. The van der Waals surface area contributed by atoms with E-state index < -0.39 is 30.6 Å². The Morgan fingerprint density at radius 1 is 0.939 bits per heavy atom. The van der Waals surface area contributed by atoms with E-state index >= 15 is 0 Å². The van der Waals surface area contributed by atoms with Gasteiger partial charge < -0.3 is 25.7 Å². The second-order valence-electron chi connectivity index (χ2n) is 8.89. The van der Waals surface area contributed by atoms with Crippen LogP contribution in [0.2, 0.25) is 0 Å². The summed E-state index contributed by atoms with van der Waals surface area (Å²) in [6, 6.07) is -2.19. The van der Waals surface area contributed by atoms with Gasteiger partial charge in [0.2, 0.25) is 17.7 Å². The number of unbranched alkanes of at least 4 members (excludes halogenated alkanes) is 10. The smallest absolute Gasteiger partial charge is 0.328 e. The highest BCUT2D eigenvalue weighted by molar-refractivity contribution is 5.92. The number of hydrogen-bond donors (Lipinski definition) is 4. The van der Waals surface area contributed by atoms with Gasteiger partial charge in [-0.15, -0.1) is 0 Å². The lowest BCUT2D eigenvalue weighted by atomic mass is 10.1. The van der Waals surface area contributed by atoms with Crippen LogP contribution in [0.5, 0.6) is 0 Å². The van der Waals surface area contributed by atoms with Crippen molar-refractivity contribution in [3.8, 4) is 0 Å². The lowest BCUT2D eigenvalue weighted by molar-refractivity contribution is -0.144. The number of aliphatic hydroxyl groups is 1. The normalized spacial score (nSPS) is 16.4. The van der Waals surface area contributed by atoms with Gasteiger partial charge in [0.05, 0.1) is 13.2 Å². The number of hydrogen-bond acceptors (Lipinski definition) is 5. The molecule has 0 aromatic carbocycles. The van der Waals surface area contributed by atoms with Crippen LogP contribution in [-0.2, 0) is 19.2 Å². The highest BCUT2D eigenvalue weighted by Crippen LogP contribution is 2.18. The summed E-state index contributed by atoms with van der Waals surface area (Å²) >= 11 is 0. The number of carbonyl (C=O) groups is 4. The first-order chi connectivity index (χ1) is 15.9. The molecule has 0 radical (unpaired) electrons. The minimum Gasteiger partial charge on any atom is -0.480 e. The second-order valence-corrected chi connectivity index (χ2v) is 8.89. The molecule has 1 fully saturated rings. The average molecular weight is 470 g/mol. The van der Waals surface area contributed by atoms with Crippen molar-refractivity contribution < 1.29 is 29.4 Å². The maximum absolute atomic E-state index is 12.5. The Labute approximate surface area is 197 Å². The molecule has 9 heteroatoms. The minimum atomic E-state index is -1.40. The molecule has 0 aliphatic carbocycles. The Bertz CT molecular complexity index is 613. The number of aliphatic hydroxyl groups excluding tert-OH is 1. The van der Waals surface area contributed by atoms with Crippen molar-refractivity contribution >= 4 is 23.7 Å². The number of likely N-dealkylation sites (tertiary alicyclic amines) is 1. The van der Waals surface area contributed by atoms with Crippen molar-refractivity contribution in [1.29, 1.82) is 0 Å². The number of aliphatic carboxylic acids is 1. The molecule has 3 amide bonds. The molecular weight excluding hydrogens is 426 g/mol. The van der Waals surface area contributed by atoms with Gasteiger partial charge in [0, 0.05) is 13.0 Å². The Hall–Kier alpha value is -2.16. The molecular formula is C24H43N3O6. The summed E-state index contributed by atoms with van der Waals surface area (Å²) < 4.78 is 0. The zero-order valence-electron chi connectivity index (χ0n) is 20.2. The summed E-state index contributed by atoms with van der Waals surface area (Å²) in [4.78, 5) is 49.2. The van der Waals surface area contributed by atoms with E-state index in [0.29, 0.717) is 25.8 Å². The molecule has 1 saturated heterocycles. The Morgan fingerprint density at radius 3 is 2.06 bits per heavy atom. The molecule has 33 heavy (non-hydrogen) atoms. The molecule has 9 nitrogen and oxygen atoms in total. The average Bonchev–Trinajstić information content (AvgIpc) is 3.29. The number of carbonyl (C=O) groups excluding carboxylic acids is 3. The van der Waals surface area contributed by atoms with Gasteiger partial charge in [-0.1, -0.05) is 71.1 Å². The zero-order chi connectivity index (χ0) is 24.5. The van der Waals surface area contributed by atoms with Crippen LogP contribution < -0.4 is 10.6 Å². The van der Waals surface area contributed by atoms with Gasteiger partial charge in [-0.2, -0.15) is 0 Å². The third-order valence-corrected chi connectivity index (χ3v) is 6.12. The molecule has 1 aliphatic rings. The topological polar surface area (TPSA) is 136 Å². The molecule has 2 atom stereocenters. The maximum atomic E-state index is 12.5. The van der Waals surface area contributed by atoms with Crippen molar-refractivity contribution in [2.45, 2.75) is 109 Å². The molecule has 1 rings (SSSR count). The lowest BCUT2D eigenvalue weighted by Gasteiger charge is -2.25. The molecule has 1 aliphatic heterocycles. The van der Waals surface area contributed by atoms with Crippen LogP contribution >= 0.6 is 0 Å². The number of rotatable bonds is 18. The fraction of sp³-hybridized carbons (Fsp3) is 0.833. The molecule has 0 saturated carbocycles. The third kappa shape index (κ3) is 12.0. The van der Waals surface area contributed by atoms with Crippen molar-refractivity contribution in [2.75, 3.05) is 19.7 Å². The first-order valence-electron chi connectivity index (χ1n) is 12.6. The van der Waals surface area contributed by atoms with Gasteiger partial charge >= 0.3 is 5.97 Å². The van der Waals surface area contributed by atoms with E-state index in [1.54, 1.807) is 0 Å². The molecule has 1 heterocycles. The number of nitrogens with one attached hydrogen (secondary N) is 2. The monoisotopic (exact) mass is 469 g/mol. The van der Waals surface area contributed by atoms with Crippen LogP contribution in [0, 0.1) is 0 Å². The maximum Gasteiger partial charge on any atom is 0.328 e. The highest BCUT2D eigenvalue weighted by atomic mass is 16.4. The van der Waals surface area contributed by atoms with Crippen LogP contribution in [0.4, 0.5) is 0 Å². The second kappa shape index (κ2) is 17.3. The number of carboxylic acids is 1. The van der Waals surface area contributed by atoms with Gasteiger partial charge in [-0.25, -0.2) is 4.79 Å². The number of amides is 3. The largest absolute Gasteiger partial charge is 0.480 e. The SMILES string of the molecule is CCCCCCCCCCCCCC(=O)NCC(=O)N1CCC[C@H]1C(=O)N[C@@H](CO)C(=O)O. The number of nitrogens with zero attached hydrogens (tertiary/aromatic N) is 1. The number of carboxylic acid groups (broad SMARTS) is 1. The van der Waals surface area contributed by atoms with Crippen LogP contribution in [0.3, 0.4) is 0 Å². The fourth-order valence-corrected chi connectivity index (χ4v) is 4.11.